The second kappa shape index (κ2) is 7.82. The minimum atomic E-state index is 0.210. The van der Waals surface area contributed by atoms with E-state index >= 15 is 0 Å². The third-order valence-electron chi connectivity index (χ3n) is 5.18. The van der Waals surface area contributed by atoms with Crippen molar-refractivity contribution in [2.75, 3.05) is 25.0 Å². The molecule has 0 spiro atoms. The summed E-state index contributed by atoms with van der Waals surface area (Å²) in [5.74, 6) is 0.210. The highest BCUT2D eigenvalue weighted by atomic mass is 16.2. The number of para-hydroxylation sites is 1. The van der Waals surface area contributed by atoms with Crippen LogP contribution in [0.25, 0.3) is 0 Å². The normalized spacial score (nSPS) is 20.6. The van der Waals surface area contributed by atoms with Gasteiger partial charge in [0, 0.05) is 30.9 Å². The lowest BCUT2D eigenvalue weighted by molar-refractivity contribution is -0.123. The minimum absolute atomic E-state index is 0.210. The van der Waals surface area contributed by atoms with Gasteiger partial charge in [0.2, 0.25) is 5.91 Å². The SMILES string of the molecule is Cc1ccccc1NC1CCN(CC(=O)NC2CCCC2)CC1. The fraction of sp³-hybridized carbons (Fsp3) is 0.632. The van der Waals surface area contributed by atoms with Gasteiger partial charge >= 0.3 is 0 Å². The molecule has 4 heteroatoms. The van der Waals surface area contributed by atoms with Crippen LogP contribution in [0.15, 0.2) is 24.3 Å². The van der Waals surface area contributed by atoms with Gasteiger partial charge in [-0.05, 0) is 44.2 Å². The fourth-order valence-electron chi connectivity index (χ4n) is 3.74. The van der Waals surface area contributed by atoms with Crippen molar-refractivity contribution in [3.63, 3.8) is 0 Å². The summed E-state index contributed by atoms with van der Waals surface area (Å²) in [6.07, 6.45) is 7.06. The van der Waals surface area contributed by atoms with Crippen LogP contribution in [0, 0.1) is 6.92 Å². The van der Waals surface area contributed by atoms with Crippen LogP contribution >= 0.6 is 0 Å². The second-order valence-electron chi connectivity index (χ2n) is 7.06. The standard InChI is InChI=1S/C19H29N3O/c1-15-6-2-5-9-18(15)20-17-10-12-22(13-11-17)14-19(23)21-16-7-3-4-8-16/h2,5-6,9,16-17,20H,3-4,7-8,10-14H2,1H3,(H,21,23). The van der Waals surface area contributed by atoms with Gasteiger partial charge in [0.25, 0.3) is 0 Å². The fourth-order valence-corrected chi connectivity index (χ4v) is 3.74. The van der Waals surface area contributed by atoms with Crippen LogP contribution < -0.4 is 10.6 Å². The molecular formula is C19H29N3O. The van der Waals surface area contributed by atoms with Crippen LogP contribution in [0.2, 0.25) is 0 Å². The largest absolute Gasteiger partial charge is 0.382 e. The van der Waals surface area contributed by atoms with Gasteiger partial charge in [-0.3, -0.25) is 9.69 Å². The zero-order chi connectivity index (χ0) is 16.1. The Hall–Kier alpha value is -1.55. The molecule has 0 radical (unpaired) electrons. The number of nitrogens with one attached hydrogen (secondary N) is 2. The van der Waals surface area contributed by atoms with Crippen molar-refractivity contribution in [3.8, 4) is 0 Å². The van der Waals surface area contributed by atoms with Gasteiger partial charge < -0.3 is 10.6 Å². The molecule has 2 aliphatic rings. The van der Waals surface area contributed by atoms with Gasteiger partial charge in [-0.1, -0.05) is 31.0 Å². The zero-order valence-corrected chi connectivity index (χ0v) is 14.2. The zero-order valence-electron chi connectivity index (χ0n) is 14.2. The van der Waals surface area contributed by atoms with E-state index in [1.807, 2.05) is 0 Å². The van der Waals surface area contributed by atoms with Crippen molar-refractivity contribution in [2.45, 2.75) is 57.5 Å². The molecular weight excluding hydrogens is 286 g/mol. The Kier molecular flexibility index (Phi) is 5.55. The summed E-state index contributed by atoms with van der Waals surface area (Å²) in [4.78, 5) is 14.4. The summed E-state index contributed by atoms with van der Waals surface area (Å²) in [7, 11) is 0. The number of rotatable bonds is 5. The number of anilines is 1. The average molecular weight is 315 g/mol. The molecule has 0 aromatic heterocycles. The number of hydrogen-bond acceptors (Lipinski definition) is 3. The van der Waals surface area contributed by atoms with Crippen LogP contribution in [0.4, 0.5) is 5.69 Å². The lowest BCUT2D eigenvalue weighted by atomic mass is 10.0. The number of nitrogens with zero attached hydrogens (tertiary/aromatic N) is 1. The molecule has 1 saturated carbocycles. The highest BCUT2D eigenvalue weighted by molar-refractivity contribution is 5.78. The number of aryl methyl sites for hydroxylation is 1. The van der Waals surface area contributed by atoms with E-state index in [9.17, 15) is 4.79 Å². The van der Waals surface area contributed by atoms with Crippen LogP contribution in [-0.4, -0.2) is 42.5 Å². The first-order chi connectivity index (χ1) is 11.2. The Labute approximate surface area is 139 Å². The third kappa shape index (κ3) is 4.71. The van der Waals surface area contributed by atoms with E-state index in [0.717, 1.165) is 38.8 Å². The van der Waals surface area contributed by atoms with E-state index in [4.69, 9.17) is 0 Å². The number of likely N-dealkylation sites (tertiary alicyclic amines) is 1. The molecule has 1 aliphatic carbocycles. The van der Waals surface area contributed by atoms with E-state index in [-0.39, 0.29) is 5.91 Å². The first-order valence-electron chi connectivity index (χ1n) is 9.04. The maximum absolute atomic E-state index is 12.1. The van der Waals surface area contributed by atoms with E-state index in [2.05, 4.69) is 46.7 Å². The summed E-state index contributed by atoms with van der Waals surface area (Å²) < 4.78 is 0. The number of benzene rings is 1. The van der Waals surface area contributed by atoms with Crippen LogP contribution in [0.1, 0.15) is 44.1 Å². The molecule has 0 unspecified atom stereocenters. The number of hydrogen-bond donors (Lipinski definition) is 2. The topological polar surface area (TPSA) is 44.4 Å². The Bertz CT molecular complexity index is 517. The van der Waals surface area contributed by atoms with Crippen molar-refractivity contribution >= 4 is 11.6 Å². The first-order valence-corrected chi connectivity index (χ1v) is 9.04. The number of carbonyl (C=O) groups excluding carboxylic acids is 1. The molecule has 1 aromatic rings. The van der Waals surface area contributed by atoms with Crippen LogP contribution in [0.5, 0.6) is 0 Å². The summed E-state index contributed by atoms with van der Waals surface area (Å²) in [5.41, 5.74) is 2.54. The molecule has 4 nitrogen and oxygen atoms in total. The van der Waals surface area contributed by atoms with E-state index in [1.54, 1.807) is 0 Å². The van der Waals surface area contributed by atoms with Crippen LogP contribution in [0.3, 0.4) is 0 Å². The van der Waals surface area contributed by atoms with Gasteiger partial charge in [0.1, 0.15) is 0 Å². The molecule has 0 atom stereocenters. The van der Waals surface area contributed by atoms with Crippen molar-refractivity contribution in [1.29, 1.82) is 0 Å². The van der Waals surface area contributed by atoms with Crippen molar-refractivity contribution in [1.82, 2.24) is 10.2 Å². The van der Waals surface area contributed by atoms with Crippen molar-refractivity contribution in [2.24, 2.45) is 0 Å². The quantitative estimate of drug-likeness (QED) is 0.878. The molecule has 1 heterocycles. The molecule has 0 bridgehead atoms. The summed E-state index contributed by atoms with van der Waals surface area (Å²) in [6.45, 7) is 4.71. The monoisotopic (exact) mass is 315 g/mol. The van der Waals surface area contributed by atoms with Gasteiger partial charge in [0.05, 0.1) is 6.54 Å². The van der Waals surface area contributed by atoms with Gasteiger partial charge in [-0.2, -0.15) is 0 Å². The van der Waals surface area contributed by atoms with Gasteiger partial charge in [0.15, 0.2) is 0 Å². The van der Waals surface area contributed by atoms with E-state index < -0.39 is 0 Å². The third-order valence-corrected chi connectivity index (χ3v) is 5.18. The summed E-state index contributed by atoms with van der Waals surface area (Å²) in [6, 6.07) is 9.40. The minimum Gasteiger partial charge on any atom is -0.382 e. The molecule has 1 amide bonds. The smallest absolute Gasteiger partial charge is 0.234 e. The Morgan fingerprint density at radius 1 is 1.09 bits per heavy atom. The molecule has 1 aliphatic heterocycles. The summed E-state index contributed by atoms with van der Waals surface area (Å²) >= 11 is 0. The maximum Gasteiger partial charge on any atom is 0.234 e. The average Bonchev–Trinajstić information content (AvgIpc) is 3.04. The van der Waals surface area contributed by atoms with Gasteiger partial charge in [-0.25, -0.2) is 0 Å². The molecule has 2 N–H and O–H groups in total. The molecule has 1 aromatic carbocycles. The number of carbonyl (C=O) groups is 1. The van der Waals surface area contributed by atoms with Crippen molar-refractivity contribution in [3.05, 3.63) is 29.8 Å². The van der Waals surface area contributed by atoms with Crippen LogP contribution in [-0.2, 0) is 4.79 Å². The highest BCUT2D eigenvalue weighted by Gasteiger charge is 2.23. The predicted molar refractivity (Wildman–Crippen MR) is 94.7 cm³/mol. The molecule has 23 heavy (non-hydrogen) atoms. The number of amides is 1. The summed E-state index contributed by atoms with van der Waals surface area (Å²) in [5, 5.41) is 6.84. The molecule has 1 saturated heterocycles. The van der Waals surface area contributed by atoms with E-state index in [0.29, 0.717) is 18.6 Å². The highest BCUT2D eigenvalue weighted by Crippen LogP contribution is 2.20. The second-order valence-corrected chi connectivity index (χ2v) is 7.06. The first kappa shape index (κ1) is 16.3. The Morgan fingerprint density at radius 3 is 2.48 bits per heavy atom. The lowest BCUT2D eigenvalue weighted by Gasteiger charge is -2.33. The lowest BCUT2D eigenvalue weighted by Crippen LogP contribution is -2.45. The molecule has 3 rings (SSSR count). The Morgan fingerprint density at radius 2 is 1.78 bits per heavy atom. The van der Waals surface area contributed by atoms with E-state index in [1.165, 1.54) is 24.1 Å². The predicted octanol–water partition coefficient (Wildman–Crippen LogP) is 2.93. The number of piperidine rings is 1. The van der Waals surface area contributed by atoms with Crippen molar-refractivity contribution < 1.29 is 4.79 Å². The maximum atomic E-state index is 12.1. The molecule has 126 valence electrons. The van der Waals surface area contributed by atoms with Gasteiger partial charge in [-0.15, -0.1) is 0 Å². The molecule has 2 fully saturated rings. The Balaban J connectivity index is 1.40.